The molecule has 0 aliphatic heterocycles. The molecule has 0 aliphatic carbocycles. The average Bonchev–Trinajstić information content (AvgIpc) is 3.56. The number of aryl methyl sites for hydroxylation is 1. The summed E-state index contributed by atoms with van der Waals surface area (Å²) < 4.78 is 6.43. The maximum absolute atomic E-state index is 13.4. The molecule has 202 valence electrons. The van der Waals surface area contributed by atoms with E-state index in [-0.39, 0.29) is 29.8 Å². The zero-order valence-electron chi connectivity index (χ0n) is 21.4. The summed E-state index contributed by atoms with van der Waals surface area (Å²) in [6.45, 7) is 3.48. The molecule has 3 heterocycles. The Labute approximate surface area is 235 Å². The van der Waals surface area contributed by atoms with Gasteiger partial charge >= 0.3 is 5.97 Å². The lowest BCUT2D eigenvalue weighted by atomic mass is 10.0. The van der Waals surface area contributed by atoms with Crippen molar-refractivity contribution in [1.29, 1.82) is 0 Å². The first-order valence-electron chi connectivity index (χ1n) is 12.1. The summed E-state index contributed by atoms with van der Waals surface area (Å²) in [5, 5.41) is 18.1. The van der Waals surface area contributed by atoms with Crippen LogP contribution in [-0.2, 0) is 16.1 Å². The van der Waals surface area contributed by atoms with Gasteiger partial charge in [-0.25, -0.2) is 9.78 Å². The van der Waals surface area contributed by atoms with Gasteiger partial charge in [-0.2, -0.15) is 0 Å². The van der Waals surface area contributed by atoms with Crippen molar-refractivity contribution >= 4 is 55.5 Å². The number of nitrogens with zero attached hydrogens (tertiary/aromatic N) is 3. The van der Waals surface area contributed by atoms with E-state index in [1.165, 1.54) is 45.7 Å². The molecule has 40 heavy (non-hydrogen) atoms. The lowest BCUT2D eigenvalue weighted by Gasteiger charge is -2.10. The second-order valence-corrected chi connectivity index (χ2v) is 10.5. The van der Waals surface area contributed by atoms with Crippen LogP contribution < -0.4 is 10.9 Å². The third kappa shape index (κ3) is 5.26. The van der Waals surface area contributed by atoms with Crippen LogP contribution in [0.15, 0.2) is 70.4 Å². The van der Waals surface area contributed by atoms with Crippen molar-refractivity contribution in [2.24, 2.45) is 0 Å². The molecule has 10 nitrogen and oxygen atoms in total. The quantitative estimate of drug-likeness (QED) is 0.139. The van der Waals surface area contributed by atoms with E-state index in [2.05, 4.69) is 10.3 Å². The van der Waals surface area contributed by atoms with Gasteiger partial charge in [-0.3, -0.25) is 24.3 Å². The van der Waals surface area contributed by atoms with Gasteiger partial charge in [-0.15, -0.1) is 22.7 Å². The Morgan fingerprint density at radius 2 is 1.82 bits per heavy atom. The summed E-state index contributed by atoms with van der Waals surface area (Å²) in [5.41, 5.74) is 3.21. The number of carbonyl (C=O) groups excluding carboxylic acids is 2. The van der Waals surface area contributed by atoms with Crippen molar-refractivity contribution in [3.63, 3.8) is 0 Å². The van der Waals surface area contributed by atoms with Crippen molar-refractivity contribution in [2.75, 3.05) is 11.9 Å². The first-order valence-corrected chi connectivity index (χ1v) is 13.9. The van der Waals surface area contributed by atoms with Gasteiger partial charge in [0.2, 0.25) is 5.91 Å². The van der Waals surface area contributed by atoms with Crippen LogP contribution in [0.25, 0.3) is 32.5 Å². The van der Waals surface area contributed by atoms with Crippen LogP contribution in [0, 0.1) is 17.0 Å². The zero-order valence-corrected chi connectivity index (χ0v) is 23.0. The highest BCUT2D eigenvalue weighted by Gasteiger charge is 2.23. The lowest BCUT2D eigenvalue weighted by Crippen LogP contribution is -2.28. The minimum absolute atomic E-state index is 0.0983. The van der Waals surface area contributed by atoms with Gasteiger partial charge in [-0.05, 0) is 25.0 Å². The van der Waals surface area contributed by atoms with E-state index in [0.717, 1.165) is 11.1 Å². The van der Waals surface area contributed by atoms with Gasteiger partial charge < -0.3 is 10.1 Å². The fourth-order valence-corrected chi connectivity index (χ4v) is 6.08. The monoisotopic (exact) mass is 574 g/mol. The molecule has 12 heteroatoms. The van der Waals surface area contributed by atoms with Crippen LogP contribution in [-0.4, -0.2) is 33.0 Å². The Morgan fingerprint density at radius 1 is 1.07 bits per heavy atom. The number of carbonyl (C=O) groups is 2. The molecule has 5 aromatic rings. The van der Waals surface area contributed by atoms with E-state index in [9.17, 15) is 24.5 Å². The van der Waals surface area contributed by atoms with Crippen LogP contribution in [0.4, 0.5) is 10.7 Å². The highest BCUT2D eigenvalue weighted by molar-refractivity contribution is 7.17. The molecule has 1 N–H and O–H groups in total. The number of aromatic nitrogens is 2. The standard InChI is InChI=1S/C28H22N4O6S2/c1-3-38-28(35)24-20(17-9-7-16(2)8-10-17)13-40-26(24)30-22(33)12-31-15-29-25-23(27(31)34)21(14-39-25)18-5-4-6-19(11-18)32(36)37/h4-11,13-15H,3,12H2,1-2H3,(H,30,33). The Hall–Kier alpha value is -4.68. The summed E-state index contributed by atoms with van der Waals surface area (Å²) in [6, 6.07) is 13.6. The summed E-state index contributed by atoms with van der Waals surface area (Å²) in [6.07, 6.45) is 1.29. The molecule has 0 saturated carbocycles. The predicted molar refractivity (Wildman–Crippen MR) is 155 cm³/mol. The number of nitrogens with one attached hydrogen (secondary N) is 1. The van der Waals surface area contributed by atoms with E-state index in [1.807, 2.05) is 31.2 Å². The third-order valence-corrected chi connectivity index (χ3v) is 7.91. The van der Waals surface area contributed by atoms with Gasteiger partial charge in [0, 0.05) is 34.0 Å². The van der Waals surface area contributed by atoms with Crippen molar-refractivity contribution < 1.29 is 19.2 Å². The first-order chi connectivity index (χ1) is 19.3. The molecule has 0 aliphatic rings. The fraction of sp³-hybridized carbons (Fsp3) is 0.143. The van der Waals surface area contributed by atoms with Gasteiger partial charge in [0.25, 0.3) is 11.2 Å². The van der Waals surface area contributed by atoms with Crippen LogP contribution in [0.1, 0.15) is 22.8 Å². The van der Waals surface area contributed by atoms with E-state index in [0.29, 0.717) is 26.5 Å². The SMILES string of the molecule is CCOC(=O)c1c(-c2ccc(C)cc2)csc1NC(=O)Cn1cnc2scc(-c3cccc([N+](=O)[O-])c3)c2c1=O. The van der Waals surface area contributed by atoms with Crippen molar-refractivity contribution in [3.8, 4) is 22.3 Å². The molecule has 0 saturated heterocycles. The minimum atomic E-state index is -0.560. The van der Waals surface area contributed by atoms with E-state index >= 15 is 0 Å². The molecule has 0 spiro atoms. The highest BCUT2D eigenvalue weighted by atomic mass is 32.1. The molecule has 2 aromatic carbocycles. The first kappa shape index (κ1) is 26.9. The Morgan fingerprint density at radius 3 is 2.55 bits per heavy atom. The number of thiophene rings is 2. The number of nitro benzene ring substituents is 1. The summed E-state index contributed by atoms with van der Waals surface area (Å²) in [4.78, 5) is 54.9. The summed E-state index contributed by atoms with van der Waals surface area (Å²) in [7, 11) is 0. The number of hydrogen-bond donors (Lipinski definition) is 1. The van der Waals surface area contributed by atoms with Crippen LogP contribution in [0.2, 0.25) is 0 Å². The van der Waals surface area contributed by atoms with E-state index in [4.69, 9.17) is 4.74 Å². The Kier molecular flexibility index (Phi) is 7.54. The summed E-state index contributed by atoms with van der Waals surface area (Å²) >= 11 is 2.42. The number of nitro groups is 1. The Balaban J connectivity index is 1.45. The van der Waals surface area contributed by atoms with Crippen LogP contribution in [0.3, 0.4) is 0 Å². The minimum Gasteiger partial charge on any atom is -0.462 e. The smallest absolute Gasteiger partial charge is 0.341 e. The molecule has 0 fully saturated rings. The second kappa shape index (κ2) is 11.2. The number of ether oxygens (including phenoxy) is 1. The van der Waals surface area contributed by atoms with Gasteiger partial charge in [-0.1, -0.05) is 42.0 Å². The van der Waals surface area contributed by atoms with Gasteiger partial charge in [0.05, 0.1) is 23.2 Å². The molecule has 1 amide bonds. The normalized spacial score (nSPS) is 10.9. The Bertz CT molecular complexity index is 1820. The number of fused-ring (bicyclic) bond motifs is 1. The zero-order chi connectivity index (χ0) is 28.4. The van der Waals surface area contributed by atoms with Crippen molar-refractivity contribution in [3.05, 3.63) is 97.2 Å². The van der Waals surface area contributed by atoms with Crippen molar-refractivity contribution in [2.45, 2.75) is 20.4 Å². The highest BCUT2D eigenvalue weighted by Crippen LogP contribution is 2.36. The maximum Gasteiger partial charge on any atom is 0.341 e. The second-order valence-electron chi connectivity index (χ2n) is 8.80. The maximum atomic E-state index is 13.4. The van der Waals surface area contributed by atoms with Crippen LogP contribution in [0.5, 0.6) is 0 Å². The topological polar surface area (TPSA) is 133 Å². The number of non-ortho nitro benzene ring substituents is 1. The van der Waals surface area contributed by atoms with Crippen LogP contribution >= 0.6 is 22.7 Å². The molecular formula is C28H22N4O6S2. The molecule has 3 aromatic heterocycles. The number of benzene rings is 2. The molecule has 0 unspecified atom stereocenters. The van der Waals surface area contributed by atoms with Gasteiger partial charge in [0.15, 0.2) is 0 Å². The molecule has 0 bridgehead atoms. The molecule has 0 atom stereocenters. The van der Waals surface area contributed by atoms with E-state index in [1.54, 1.807) is 29.8 Å². The van der Waals surface area contributed by atoms with Crippen molar-refractivity contribution in [1.82, 2.24) is 9.55 Å². The van der Waals surface area contributed by atoms with Gasteiger partial charge in [0.1, 0.15) is 21.9 Å². The molecule has 5 rings (SSSR count). The number of anilines is 1. The van der Waals surface area contributed by atoms with E-state index < -0.39 is 22.4 Å². The predicted octanol–water partition coefficient (Wildman–Crippen LogP) is 5.89. The number of rotatable bonds is 8. The third-order valence-electron chi connectivity index (χ3n) is 6.13. The number of amides is 1. The average molecular weight is 575 g/mol. The number of hydrogen-bond acceptors (Lipinski definition) is 9. The number of esters is 1. The lowest BCUT2D eigenvalue weighted by molar-refractivity contribution is -0.384. The summed E-state index contributed by atoms with van der Waals surface area (Å²) in [5.74, 6) is -1.09. The molecular weight excluding hydrogens is 552 g/mol. The molecule has 0 radical (unpaired) electrons. The largest absolute Gasteiger partial charge is 0.462 e. The fourth-order valence-electron chi connectivity index (χ4n) is 4.20.